The van der Waals surface area contributed by atoms with Crippen molar-refractivity contribution in [2.45, 2.75) is 154 Å². The van der Waals surface area contributed by atoms with E-state index in [0.717, 1.165) is 71.5 Å². The summed E-state index contributed by atoms with van der Waals surface area (Å²) >= 11 is 4.64. The number of fused-ring (bicyclic) bond motifs is 3. The fourth-order valence-electron chi connectivity index (χ4n) is 9.89. The molecule has 33 nitrogen and oxygen atoms in total. The third-order valence-corrected chi connectivity index (χ3v) is 15.6. The summed E-state index contributed by atoms with van der Waals surface area (Å²) in [5, 5.41) is 68.8. The van der Waals surface area contributed by atoms with Crippen molar-refractivity contribution >= 4 is 133 Å². The number of carbonyl (C=O) groups excluding carboxylic acids is 7. The van der Waals surface area contributed by atoms with E-state index in [4.69, 9.17) is 5.73 Å². The number of hydrogen-bond donors (Lipinski definition) is 3. The number of nitrogen functional groups attached to an aromatic ring is 1. The Morgan fingerprint density at radius 1 is 0.518 bits per heavy atom. The molecule has 3 aliphatic heterocycles. The van der Waals surface area contributed by atoms with Crippen LogP contribution in [-0.4, -0.2) is 96.5 Å². The van der Waals surface area contributed by atoms with Crippen LogP contribution >= 0.6 is 24.0 Å². The number of hydrogen-bond acceptors (Lipinski definition) is 23. The molecule has 0 aliphatic carbocycles. The van der Waals surface area contributed by atoms with Gasteiger partial charge in [-0.25, -0.2) is 19.4 Å². The molecule has 0 aromatic heterocycles. The van der Waals surface area contributed by atoms with Gasteiger partial charge in [0.2, 0.25) is 28.9 Å². The minimum atomic E-state index is -0.639. The van der Waals surface area contributed by atoms with E-state index in [-0.39, 0.29) is 117 Å². The van der Waals surface area contributed by atoms with Gasteiger partial charge in [-0.05, 0) is 104 Å². The number of non-ortho nitro benzene ring substituents is 6. The van der Waals surface area contributed by atoms with Gasteiger partial charge in [0.05, 0.1) is 52.3 Å². The van der Waals surface area contributed by atoms with Gasteiger partial charge in [-0.1, -0.05) is 84.4 Å². The molecule has 0 saturated carbocycles. The van der Waals surface area contributed by atoms with Gasteiger partial charge in [0.15, 0.2) is 0 Å². The van der Waals surface area contributed by atoms with Crippen molar-refractivity contribution in [3.8, 4) is 0 Å². The Labute approximate surface area is 661 Å². The second-order valence-electron chi connectivity index (χ2n) is 26.6. The third-order valence-electron chi connectivity index (χ3n) is 15.6. The molecule has 0 unspecified atom stereocenters. The summed E-state index contributed by atoms with van der Waals surface area (Å²) in [4.78, 5) is 147. The SMILES string of the molecule is C=C(C)CC.C=C(C)CN(C(C)=O)c1cc([N+](=O)[O-])ccc1C.CC(=O)Cl.CC(=O)N1CC(C)(C)c2ccc([N+](=O)[O-])cc21.CC(=O)N1CC(C)(C)c2ccc([N+](=O)[O-])cc21.CC(=O)Nc1cc([N+](=O)[O-])ccc1C.CC(=O)OOC(C)=O.CC1(C)CNc2cc([N+](=O)[O-])ccc21.Cc1ccc([N+](=O)[O-])cc1N.Cl.[Pd]. The van der Waals surface area contributed by atoms with Crippen LogP contribution in [0.15, 0.2) is 133 Å². The van der Waals surface area contributed by atoms with Crippen molar-refractivity contribution in [2.24, 2.45) is 0 Å². The van der Waals surface area contributed by atoms with Crippen LogP contribution < -0.4 is 31.1 Å². The van der Waals surface area contributed by atoms with E-state index in [1.807, 2.05) is 54.5 Å². The Morgan fingerprint density at radius 2 is 0.845 bits per heavy atom. The number of amides is 4. The number of nitrogens with one attached hydrogen (secondary N) is 2. The van der Waals surface area contributed by atoms with Crippen molar-refractivity contribution < 1.29 is 93.3 Å². The zero-order chi connectivity index (χ0) is 83.4. The van der Waals surface area contributed by atoms with Crippen molar-refractivity contribution in [1.82, 2.24) is 0 Å². The van der Waals surface area contributed by atoms with Crippen LogP contribution in [-0.2, 0) is 80.0 Å². The molecule has 3 heterocycles. The van der Waals surface area contributed by atoms with E-state index in [1.165, 1.54) is 106 Å². The zero-order valence-corrected chi connectivity index (χ0v) is 67.7. The van der Waals surface area contributed by atoms with Crippen molar-refractivity contribution in [3.05, 3.63) is 228 Å². The van der Waals surface area contributed by atoms with Gasteiger partial charge in [-0.2, -0.15) is 0 Å². The van der Waals surface area contributed by atoms with Crippen LogP contribution in [0.2, 0.25) is 0 Å². The number of rotatable bonds is 11. The first kappa shape index (κ1) is 101. The Balaban J connectivity index is 0. The summed E-state index contributed by atoms with van der Waals surface area (Å²) in [6.07, 6.45) is 1.11. The average Bonchev–Trinajstić information content (AvgIpc) is 1.62. The molecule has 6 aromatic carbocycles. The molecule has 36 heteroatoms. The van der Waals surface area contributed by atoms with Crippen LogP contribution in [0, 0.1) is 81.5 Å². The van der Waals surface area contributed by atoms with E-state index in [1.54, 1.807) is 66.1 Å². The Bertz CT molecular complexity index is 4310. The summed E-state index contributed by atoms with van der Waals surface area (Å²) in [6, 6.07) is 27.7. The maximum atomic E-state index is 11.6. The Hall–Kier alpha value is -11.5. The molecule has 0 atom stereocenters. The van der Waals surface area contributed by atoms with Crippen LogP contribution in [0.3, 0.4) is 0 Å². The van der Waals surface area contributed by atoms with Crippen molar-refractivity contribution in [1.29, 1.82) is 0 Å². The molecular formula is C74H94Cl2N12O21Pd. The number of carbonyl (C=O) groups is 7. The molecule has 4 N–H and O–H groups in total. The number of nitro groups is 6. The number of nitrogens with two attached hydrogens (primary N) is 1. The second-order valence-corrected chi connectivity index (χ2v) is 27.1. The zero-order valence-electron chi connectivity index (χ0n) is 64.6. The van der Waals surface area contributed by atoms with E-state index in [2.05, 4.69) is 65.9 Å². The Morgan fingerprint density at radius 3 is 1.17 bits per heavy atom. The van der Waals surface area contributed by atoms with Gasteiger partial charge in [0.1, 0.15) is 0 Å². The standard InChI is InChI=1S/C13H16N2O3.2C12H14N2O3.C10H12N2O2.C9H10N2O3.C7H8N2O2.C5H10.C4H6O4.C2H3ClO.ClH.Pd/c1-9(2)8-14(11(4)16)13-7-12(15(17)18)6-5-10(13)3;2*1-8(15)13-7-12(2,3)10-5-4-9(14(16)17)6-11(10)13;1-10(2)6-11-9-5-7(12(13)14)3-4-8(9)10;1-6-3-4-8(11(13)14)5-9(6)10-7(2)12;1-5-2-3-6(9(10)11)4-7(5)8;1-4-5(2)3;1-3(5)7-8-4(2)6;1-2(3)4;;/h5-7H,1,8H2,2-4H3;2*4-6H,7H2,1-3H3;3-5,11H,6H2,1-2H3;3-5H,1-2H3,(H,10,12);2-4H,8H2,1H3;2,4H2,1,3H3;1-2H3;1H3;1H;. The number of anilines is 6. The molecule has 0 radical (unpaired) electrons. The van der Waals surface area contributed by atoms with Gasteiger partial charge < -0.3 is 31.1 Å². The van der Waals surface area contributed by atoms with E-state index < -0.39 is 36.6 Å². The van der Waals surface area contributed by atoms with Gasteiger partial charge >= 0.3 is 11.9 Å². The monoisotopic (exact) mass is 1660 g/mol. The van der Waals surface area contributed by atoms with Gasteiger partial charge in [0.25, 0.3) is 34.1 Å². The van der Waals surface area contributed by atoms with E-state index in [9.17, 15) is 94.2 Å². The number of nitro benzene ring substituents is 6. The van der Waals surface area contributed by atoms with E-state index in [0.29, 0.717) is 48.1 Å². The predicted molar refractivity (Wildman–Crippen MR) is 420 cm³/mol. The average molecular weight is 1660 g/mol. The van der Waals surface area contributed by atoms with Gasteiger partial charge in [-0.3, -0.25) is 84.7 Å². The molecule has 3 aliphatic rings. The number of allylic oxidation sites excluding steroid dienone is 1. The molecule has 0 fully saturated rings. The summed E-state index contributed by atoms with van der Waals surface area (Å²) in [6.45, 7) is 42.8. The smallest absolute Gasteiger partial charge is 0.352 e. The maximum absolute atomic E-state index is 11.6. The fourth-order valence-corrected chi connectivity index (χ4v) is 9.89. The number of nitrogens with zero attached hydrogens (tertiary/aromatic N) is 9. The molecule has 6 aromatic rings. The van der Waals surface area contributed by atoms with Crippen LogP contribution in [0.1, 0.15) is 151 Å². The molecule has 0 bridgehead atoms. The first-order valence-corrected chi connectivity index (χ1v) is 33.1. The van der Waals surface area contributed by atoms with Crippen molar-refractivity contribution in [2.75, 3.05) is 57.2 Å². The van der Waals surface area contributed by atoms with Crippen LogP contribution in [0.25, 0.3) is 0 Å². The minimum Gasteiger partial charge on any atom is -0.398 e. The summed E-state index contributed by atoms with van der Waals surface area (Å²) in [5.74, 6) is -1.86. The summed E-state index contributed by atoms with van der Waals surface area (Å²) < 4.78 is 0. The molecule has 110 heavy (non-hydrogen) atoms. The van der Waals surface area contributed by atoms with Crippen LogP contribution in [0.5, 0.6) is 0 Å². The number of aryl methyl sites for hydroxylation is 3. The first-order chi connectivity index (χ1) is 49.7. The normalized spacial score (nSPS) is 12.3. The molecule has 9 rings (SSSR count). The van der Waals surface area contributed by atoms with Crippen molar-refractivity contribution in [3.63, 3.8) is 0 Å². The maximum Gasteiger partial charge on any atom is 0.352 e. The molecule has 600 valence electrons. The first-order valence-electron chi connectivity index (χ1n) is 32.8. The van der Waals surface area contributed by atoms with Gasteiger partial charge in [0, 0.05) is 195 Å². The molecule has 0 spiro atoms. The topological polar surface area (TPSA) is 457 Å². The fraction of sp³-hybridized carbons (Fsp3) is 0.365. The second kappa shape index (κ2) is 45.4. The quantitative estimate of drug-likeness (QED) is 0.0206. The molecule has 0 saturated heterocycles. The third kappa shape index (κ3) is 32.9. The Kier molecular flexibility index (Phi) is 41.5. The van der Waals surface area contributed by atoms with Crippen LogP contribution in [0.4, 0.5) is 68.2 Å². The van der Waals surface area contributed by atoms with Gasteiger partial charge in [-0.15, -0.1) is 19.0 Å². The van der Waals surface area contributed by atoms with E-state index >= 15 is 0 Å². The largest absolute Gasteiger partial charge is 0.398 e. The summed E-state index contributed by atoms with van der Waals surface area (Å²) in [7, 11) is 0. The number of benzene rings is 6. The summed E-state index contributed by atoms with van der Waals surface area (Å²) in [5.41, 5.74) is 16.8. The number of halogens is 2. The molecular weight excluding hydrogens is 1570 g/mol. The molecule has 4 amide bonds. The predicted octanol–water partition coefficient (Wildman–Crippen LogP) is 16.1. The minimum absolute atomic E-state index is 0.